The van der Waals surface area contributed by atoms with E-state index >= 15 is 0 Å². The molecule has 0 fully saturated rings. The van der Waals surface area contributed by atoms with Gasteiger partial charge in [-0.25, -0.2) is 9.48 Å². The highest BCUT2D eigenvalue weighted by atomic mass is 16.5. The molecule has 2 atom stereocenters. The van der Waals surface area contributed by atoms with Crippen molar-refractivity contribution in [1.29, 1.82) is 0 Å². The molecule has 1 N–H and O–H groups in total. The van der Waals surface area contributed by atoms with Gasteiger partial charge in [-0.15, -0.1) is 0 Å². The van der Waals surface area contributed by atoms with Gasteiger partial charge in [-0.05, 0) is 25.1 Å². The lowest BCUT2D eigenvalue weighted by molar-refractivity contribution is -0.146. The van der Waals surface area contributed by atoms with Crippen molar-refractivity contribution in [2.45, 2.75) is 32.9 Å². The molecule has 1 aromatic carbocycles. The second-order valence-electron chi connectivity index (χ2n) is 6.75. The van der Waals surface area contributed by atoms with Gasteiger partial charge in [0.1, 0.15) is 6.04 Å². The Labute approximate surface area is 160 Å². The first-order chi connectivity index (χ1) is 12.9. The standard InChI is InChI=1S/C20H28N4O3/c1-5-15(2)19(20(26)27-4)22-18(25)14-23(3)12-16-11-21-24(13-16)17-9-7-6-8-10-17/h6-11,13,15,19H,5,12,14H2,1-4H3,(H,22,25). The van der Waals surface area contributed by atoms with Gasteiger partial charge < -0.3 is 10.1 Å². The second kappa shape index (κ2) is 9.87. The average molecular weight is 372 g/mol. The van der Waals surface area contributed by atoms with Gasteiger partial charge in [-0.1, -0.05) is 38.5 Å². The van der Waals surface area contributed by atoms with Crippen LogP contribution in [-0.4, -0.2) is 53.3 Å². The van der Waals surface area contributed by atoms with E-state index in [9.17, 15) is 9.59 Å². The number of carbonyl (C=O) groups excluding carboxylic acids is 2. The van der Waals surface area contributed by atoms with E-state index < -0.39 is 12.0 Å². The largest absolute Gasteiger partial charge is 0.467 e. The summed E-state index contributed by atoms with van der Waals surface area (Å²) in [5.74, 6) is -0.607. The molecule has 7 heteroatoms. The van der Waals surface area contributed by atoms with Gasteiger partial charge in [0.15, 0.2) is 0 Å². The molecule has 2 aromatic rings. The van der Waals surface area contributed by atoms with Gasteiger partial charge in [-0.2, -0.15) is 5.10 Å². The number of aromatic nitrogens is 2. The molecule has 0 aliphatic rings. The molecule has 1 aromatic heterocycles. The smallest absolute Gasteiger partial charge is 0.328 e. The van der Waals surface area contributed by atoms with Crippen LogP contribution in [0.1, 0.15) is 25.8 Å². The molecule has 0 aliphatic carbocycles. The van der Waals surface area contributed by atoms with E-state index in [1.807, 2.05) is 62.3 Å². The number of nitrogens with one attached hydrogen (secondary N) is 1. The van der Waals surface area contributed by atoms with Gasteiger partial charge in [0.25, 0.3) is 0 Å². The normalized spacial score (nSPS) is 13.2. The van der Waals surface area contributed by atoms with Crippen LogP contribution in [0, 0.1) is 5.92 Å². The molecule has 7 nitrogen and oxygen atoms in total. The molecule has 2 rings (SSSR count). The number of hydrogen-bond acceptors (Lipinski definition) is 5. The summed E-state index contributed by atoms with van der Waals surface area (Å²) in [6, 6.07) is 9.22. The van der Waals surface area contributed by atoms with E-state index in [0.717, 1.165) is 17.7 Å². The fourth-order valence-corrected chi connectivity index (χ4v) is 2.79. The van der Waals surface area contributed by atoms with E-state index in [2.05, 4.69) is 10.4 Å². The Hall–Kier alpha value is -2.67. The predicted octanol–water partition coefficient (Wildman–Crippen LogP) is 2.01. The molecule has 0 saturated heterocycles. The summed E-state index contributed by atoms with van der Waals surface area (Å²) in [5.41, 5.74) is 1.99. The van der Waals surface area contributed by atoms with Gasteiger partial charge in [0.2, 0.25) is 5.91 Å². The molecular weight excluding hydrogens is 344 g/mol. The number of carbonyl (C=O) groups is 2. The highest BCUT2D eigenvalue weighted by Crippen LogP contribution is 2.11. The van der Waals surface area contributed by atoms with E-state index in [0.29, 0.717) is 6.54 Å². The van der Waals surface area contributed by atoms with Crippen LogP contribution in [0.2, 0.25) is 0 Å². The lowest BCUT2D eigenvalue weighted by Crippen LogP contribution is -2.48. The fourth-order valence-electron chi connectivity index (χ4n) is 2.79. The monoisotopic (exact) mass is 372 g/mol. The Morgan fingerprint density at radius 1 is 1.30 bits per heavy atom. The number of methoxy groups -OCH3 is 1. The second-order valence-corrected chi connectivity index (χ2v) is 6.75. The quantitative estimate of drug-likeness (QED) is 0.682. The van der Waals surface area contributed by atoms with E-state index in [4.69, 9.17) is 4.74 Å². The number of para-hydroxylation sites is 1. The minimum Gasteiger partial charge on any atom is -0.467 e. The van der Waals surface area contributed by atoms with E-state index in [1.54, 1.807) is 10.9 Å². The summed E-state index contributed by atoms with van der Waals surface area (Å²) >= 11 is 0. The van der Waals surface area contributed by atoms with Crippen LogP contribution in [0.5, 0.6) is 0 Å². The maximum atomic E-state index is 12.3. The number of rotatable bonds is 9. The summed E-state index contributed by atoms with van der Waals surface area (Å²) in [5, 5.41) is 7.15. The Balaban J connectivity index is 1.91. The predicted molar refractivity (Wildman–Crippen MR) is 103 cm³/mol. The first-order valence-corrected chi connectivity index (χ1v) is 9.09. The average Bonchev–Trinajstić information content (AvgIpc) is 3.13. The minimum absolute atomic E-state index is 0.0100. The summed E-state index contributed by atoms with van der Waals surface area (Å²) in [6.07, 6.45) is 4.51. The van der Waals surface area contributed by atoms with Crippen molar-refractivity contribution in [1.82, 2.24) is 20.0 Å². The van der Waals surface area contributed by atoms with Crippen LogP contribution in [0.15, 0.2) is 42.7 Å². The molecule has 0 aliphatic heterocycles. The van der Waals surface area contributed by atoms with Gasteiger partial charge in [0.05, 0.1) is 25.5 Å². The molecule has 146 valence electrons. The Bertz CT molecular complexity index is 745. The van der Waals surface area contributed by atoms with Crippen molar-refractivity contribution in [3.63, 3.8) is 0 Å². The molecule has 0 radical (unpaired) electrons. The van der Waals surface area contributed by atoms with Crippen LogP contribution < -0.4 is 5.32 Å². The van der Waals surface area contributed by atoms with E-state index in [1.165, 1.54) is 7.11 Å². The number of ether oxygens (including phenoxy) is 1. The van der Waals surface area contributed by atoms with Gasteiger partial charge in [0, 0.05) is 18.3 Å². The zero-order valence-electron chi connectivity index (χ0n) is 16.4. The van der Waals surface area contributed by atoms with Gasteiger partial charge >= 0.3 is 5.97 Å². The SMILES string of the molecule is CCC(C)C(NC(=O)CN(C)Cc1cnn(-c2ccccc2)c1)C(=O)OC. The Morgan fingerprint density at radius 2 is 2.00 bits per heavy atom. The van der Waals surface area contributed by atoms with Crippen molar-refractivity contribution in [3.05, 3.63) is 48.3 Å². The lowest BCUT2D eigenvalue weighted by atomic mass is 9.99. The topological polar surface area (TPSA) is 76.5 Å². The number of esters is 1. The number of hydrogen-bond donors (Lipinski definition) is 1. The summed E-state index contributed by atoms with van der Waals surface area (Å²) in [7, 11) is 3.19. The summed E-state index contributed by atoms with van der Waals surface area (Å²) < 4.78 is 6.61. The maximum absolute atomic E-state index is 12.3. The molecule has 27 heavy (non-hydrogen) atoms. The van der Waals surface area contributed by atoms with Crippen LogP contribution in [-0.2, 0) is 20.9 Å². The van der Waals surface area contributed by atoms with Crippen LogP contribution in [0.4, 0.5) is 0 Å². The third-order valence-corrected chi connectivity index (χ3v) is 4.51. The molecule has 1 amide bonds. The summed E-state index contributed by atoms with van der Waals surface area (Å²) in [6.45, 7) is 4.65. The summed E-state index contributed by atoms with van der Waals surface area (Å²) in [4.78, 5) is 26.1. The van der Waals surface area contributed by atoms with Crippen molar-refractivity contribution in [2.75, 3.05) is 20.7 Å². The van der Waals surface area contributed by atoms with Crippen LogP contribution in [0.3, 0.4) is 0 Å². The first kappa shape index (κ1) is 20.6. The number of nitrogens with zero attached hydrogens (tertiary/aromatic N) is 3. The van der Waals surface area contributed by atoms with Crippen molar-refractivity contribution >= 4 is 11.9 Å². The van der Waals surface area contributed by atoms with Crippen LogP contribution in [0.25, 0.3) is 5.69 Å². The van der Waals surface area contributed by atoms with Crippen molar-refractivity contribution in [2.24, 2.45) is 5.92 Å². The molecule has 0 saturated carbocycles. The zero-order chi connectivity index (χ0) is 19.8. The molecule has 0 spiro atoms. The molecule has 0 bridgehead atoms. The Morgan fingerprint density at radius 3 is 2.63 bits per heavy atom. The van der Waals surface area contributed by atoms with Gasteiger partial charge in [-0.3, -0.25) is 9.69 Å². The molecule has 2 unspecified atom stereocenters. The third-order valence-electron chi connectivity index (χ3n) is 4.51. The molecule has 1 heterocycles. The van der Waals surface area contributed by atoms with Crippen LogP contribution >= 0.6 is 0 Å². The number of benzene rings is 1. The minimum atomic E-state index is -0.623. The highest BCUT2D eigenvalue weighted by molar-refractivity contribution is 5.85. The number of likely N-dealkylation sites (N-methyl/N-ethyl adjacent to an activating group) is 1. The fraction of sp³-hybridized carbons (Fsp3) is 0.450. The molecular formula is C20H28N4O3. The van der Waals surface area contributed by atoms with E-state index in [-0.39, 0.29) is 18.4 Å². The van der Waals surface area contributed by atoms with Crippen molar-refractivity contribution < 1.29 is 14.3 Å². The lowest BCUT2D eigenvalue weighted by Gasteiger charge is -2.23. The third kappa shape index (κ3) is 5.92. The highest BCUT2D eigenvalue weighted by Gasteiger charge is 2.26. The zero-order valence-corrected chi connectivity index (χ0v) is 16.4. The maximum Gasteiger partial charge on any atom is 0.328 e. The first-order valence-electron chi connectivity index (χ1n) is 9.09. The van der Waals surface area contributed by atoms with Crippen molar-refractivity contribution in [3.8, 4) is 5.69 Å². The number of amides is 1. The Kier molecular flexibility index (Phi) is 7.55.